The zero-order valence-electron chi connectivity index (χ0n) is 15.6. The lowest BCUT2D eigenvalue weighted by Gasteiger charge is -2.40. The van der Waals surface area contributed by atoms with E-state index in [9.17, 15) is 18.3 Å². The first-order valence-corrected chi connectivity index (χ1v) is 8.74. The molecule has 2 aromatic carbocycles. The molecule has 1 aromatic heterocycles. The van der Waals surface area contributed by atoms with E-state index < -0.39 is 23.3 Å². The molecule has 0 unspecified atom stereocenters. The zero-order valence-corrected chi connectivity index (χ0v) is 15.6. The average Bonchev–Trinajstić information content (AvgIpc) is 3.15. The van der Waals surface area contributed by atoms with Gasteiger partial charge in [0, 0.05) is 24.2 Å². The standard InChI is InChI=1S/C20H21F3N4O/c1-14(26(2)10-15-3-5-16(21)6-4-15)20(28,11-27-13-24-12-25-27)18-8-7-17(22)9-19(18)23/h3-9,12-14,28H,10-11H2,1-2H3/t14-,20-/m0/s1. The highest BCUT2D eigenvalue weighted by Gasteiger charge is 2.41. The van der Waals surface area contributed by atoms with Crippen LogP contribution in [0.25, 0.3) is 0 Å². The van der Waals surface area contributed by atoms with Crippen molar-refractivity contribution in [1.29, 1.82) is 0 Å². The Labute approximate surface area is 161 Å². The molecule has 0 amide bonds. The highest BCUT2D eigenvalue weighted by Crippen LogP contribution is 2.32. The maximum absolute atomic E-state index is 14.6. The van der Waals surface area contributed by atoms with Crippen LogP contribution < -0.4 is 0 Å². The Morgan fingerprint density at radius 2 is 1.79 bits per heavy atom. The SMILES string of the molecule is C[C@H](N(C)Cc1ccc(F)cc1)[C@@](O)(Cn1cncn1)c1ccc(F)cc1F. The number of hydrogen-bond donors (Lipinski definition) is 1. The van der Waals surface area contributed by atoms with Crippen molar-refractivity contribution in [2.24, 2.45) is 0 Å². The minimum atomic E-state index is -1.72. The summed E-state index contributed by atoms with van der Waals surface area (Å²) in [6, 6.07) is 8.50. The van der Waals surface area contributed by atoms with Gasteiger partial charge in [-0.25, -0.2) is 22.8 Å². The molecule has 148 valence electrons. The van der Waals surface area contributed by atoms with Gasteiger partial charge in [-0.05, 0) is 37.7 Å². The molecule has 0 radical (unpaired) electrons. The van der Waals surface area contributed by atoms with Gasteiger partial charge in [-0.2, -0.15) is 5.10 Å². The molecule has 1 heterocycles. The van der Waals surface area contributed by atoms with Crippen LogP contribution in [0, 0.1) is 17.5 Å². The molecule has 1 N–H and O–H groups in total. The van der Waals surface area contributed by atoms with Gasteiger partial charge in [-0.3, -0.25) is 4.90 Å². The number of rotatable bonds is 7. The number of aromatic nitrogens is 3. The number of aliphatic hydroxyl groups is 1. The van der Waals surface area contributed by atoms with Crippen molar-refractivity contribution in [2.75, 3.05) is 7.05 Å². The maximum atomic E-state index is 14.6. The summed E-state index contributed by atoms with van der Waals surface area (Å²) in [6.45, 7) is 2.05. The normalized spacial score (nSPS) is 14.8. The molecule has 0 aliphatic carbocycles. The van der Waals surface area contributed by atoms with Crippen LogP contribution in [0.3, 0.4) is 0 Å². The van der Waals surface area contributed by atoms with E-state index in [-0.39, 0.29) is 17.9 Å². The lowest BCUT2D eigenvalue weighted by Crippen LogP contribution is -2.50. The Balaban J connectivity index is 1.93. The molecule has 5 nitrogen and oxygen atoms in total. The Morgan fingerprint density at radius 3 is 2.39 bits per heavy atom. The van der Waals surface area contributed by atoms with Gasteiger partial charge in [0.05, 0.1) is 6.54 Å². The number of hydrogen-bond acceptors (Lipinski definition) is 4. The smallest absolute Gasteiger partial charge is 0.137 e. The van der Waals surface area contributed by atoms with E-state index in [0.29, 0.717) is 6.54 Å². The quantitative estimate of drug-likeness (QED) is 0.674. The molecule has 0 aliphatic rings. The number of likely N-dealkylation sites (N-methyl/N-ethyl adjacent to an activating group) is 1. The van der Waals surface area contributed by atoms with Gasteiger partial charge in [0.25, 0.3) is 0 Å². The van der Waals surface area contributed by atoms with Crippen LogP contribution in [0.5, 0.6) is 0 Å². The van der Waals surface area contributed by atoms with E-state index in [1.807, 2.05) is 4.90 Å². The van der Waals surface area contributed by atoms with Gasteiger partial charge < -0.3 is 5.11 Å². The Morgan fingerprint density at radius 1 is 1.11 bits per heavy atom. The van der Waals surface area contributed by atoms with Crippen LogP contribution in [0.15, 0.2) is 55.1 Å². The number of halogens is 3. The van der Waals surface area contributed by atoms with Crippen LogP contribution in [0.2, 0.25) is 0 Å². The Hall–Kier alpha value is -2.71. The average molecular weight is 390 g/mol. The maximum Gasteiger partial charge on any atom is 0.137 e. The molecule has 0 aliphatic heterocycles. The van der Waals surface area contributed by atoms with Gasteiger partial charge in [0.1, 0.15) is 35.7 Å². The molecule has 0 spiro atoms. The van der Waals surface area contributed by atoms with Crippen LogP contribution in [0.1, 0.15) is 18.1 Å². The molecule has 2 atom stereocenters. The summed E-state index contributed by atoms with van der Waals surface area (Å²) in [7, 11) is 1.77. The minimum Gasteiger partial charge on any atom is -0.381 e. The second-order valence-electron chi connectivity index (χ2n) is 6.86. The Bertz CT molecular complexity index is 918. The molecule has 3 rings (SSSR count). The van der Waals surface area contributed by atoms with E-state index in [0.717, 1.165) is 17.7 Å². The summed E-state index contributed by atoms with van der Waals surface area (Å²) in [5.41, 5.74) is -0.929. The van der Waals surface area contributed by atoms with Crippen molar-refractivity contribution in [3.63, 3.8) is 0 Å². The van der Waals surface area contributed by atoms with Crippen molar-refractivity contribution in [1.82, 2.24) is 19.7 Å². The van der Waals surface area contributed by atoms with E-state index in [2.05, 4.69) is 10.1 Å². The van der Waals surface area contributed by atoms with Crippen molar-refractivity contribution >= 4 is 0 Å². The third-order valence-corrected chi connectivity index (χ3v) is 4.96. The summed E-state index contributed by atoms with van der Waals surface area (Å²) in [5, 5.41) is 15.5. The molecule has 8 heteroatoms. The first-order valence-electron chi connectivity index (χ1n) is 8.74. The van der Waals surface area contributed by atoms with Gasteiger partial charge in [0.2, 0.25) is 0 Å². The molecular formula is C20H21F3N4O. The first-order chi connectivity index (χ1) is 13.3. The van der Waals surface area contributed by atoms with E-state index >= 15 is 0 Å². The highest BCUT2D eigenvalue weighted by molar-refractivity contribution is 5.27. The lowest BCUT2D eigenvalue weighted by molar-refractivity contribution is -0.0591. The molecular weight excluding hydrogens is 369 g/mol. The minimum absolute atomic E-state index is 0.0390. The predicted octanol–water partition coefficient (Wildman–Crippen LogP) is 3.10. The van der Waals surface area contributed by atoms with E-state index in [1.165, 1.54) is 35.5 Å². The summed E-state index contributed by atoms with van der Waals surface area (Å²) >= 11 is 0. The lowest BCUT2D eigenvalue weighted by atomic mass is 9.85. The summed E-state index contributed by atoms with van der Waals surface area (Å²) in [6.07, 6.45) is 2.73. The van der Waals surface area contributed by atoms with Gasteiger partial charge in [0.15, 0.2) is 0 Å². The van der Waals surface area contributed by atoms with Crippen LogP contribution >= 0.6 is 0 Å². The second-order valence-corrected chi connectivity index (χ2v) is 6.86. The monoisotopic (exact) mass is 390 g/mol. The predicted molar refractivity (Wildman–Crippen MR) is 97.6 cm³/mol. The molecule has 3 aromatic rings. The van der Waals surface area contributed by atoms with Crippen molar-refractivity contribution in [2.45, 2.75) is 31.7 Å². The van der Waals surface area contributed by atoms with E-state index in [1.54, 1.807) is 26.1 Å². The number of benzene rings is 2. The van der Waals surface area contributed by atoms with Crippen molar-refractivity contribution < 1.29 is 18.3 Å². The number of nitrogens with zero attached hydrogens (tertiary/aromatic N) is 4. The fourth-order valence-corrected chi connectivity index (χ4v) is 3.22. The van der Waals surface area contributed by atoms with Crippen molar-refractivity contribution in [3.8, 4) is 0 Å². The van der Waals surface area contributed by atoms with Crippen LogP contribution in [-0.2, 0) is 18.7 Å². The molecule has 0 bridgehead atoms. The van der Waals surface area contributed by atoms with Gasteiger partial charge >= 0.3 is 0 Å². The molecule has 0 fully saturated rings. The summed E-state index contributed by atoms with van der Waals surface area (Å²) in [5.74, 6) is -1.91. The third kappa shape index (κ3) is 4.23. The second kappa shape index (κ2) is 8.12. The van der Waals surface area contributed by atoms with Crippen LogP contribution in [0.4, 0.5) is 13.2 Å². The Kier molecular flexibility index (Phi) is 5.81. The topological polar surface area (TPSA) is 54.2 Å². The summed E-state index contributed by atoms with van der Waals surface area (Å²) in [4.78, 5) is 5.67. The molecule has 0 saturated carbocycles. The zero-order chi connectivity index (χ0) is 20.3. The summed E-state index contributed by atoms with van der Waals surface area (Å²) < 4.78 is 42.5. The van der Waals surface area contributed by atoms with E-state index in [4.69, 9.17) is 0 Å². The van der Waals surface area contributed by atoms with Crippen molar-refractivity contribution in [3.05, 3.63) is 83.7 Å². The fourth-order valence-electron chi connectivity index (χ4n) is 3.22. The molecule has 0 saturated heterocycles. The first kappa shape index (κ1) is 20.0. The highest BCUT2D eigenvalue weighted by atomic mass is 19.1. The van der Waals surface area contributed by atoms with Gasteiger partial charge in [-0.15, -0.1) is 0 Å². The third-order valence-electron chi connectivity index (χ3n) is 4.96. The van der Waals surface area contributed by atoms with Gasteiger partial charge in [-0.1, -0.05) is 18.2 Å². The van der Waals surface area contributed by atoms with Crippen LogP contribution in [-0.4, -0.2) is 37.9 Å². The largest absolute Gasteiger partial charge is 0.381 e. The molecule has 28 heavy (non-hydrogen) atoms. The fraction of sp³-hybridized carbons (Fsp3) is 0.300.